The van der Waals surface area contributed by atoms with E-state index in [9.17, 15) is 0 Å². The molecule has 0 heterocycles. The van der Waals surface area contributed by atoms with Gasteiger partial charge in [-0.2, -0.15) is 0 Å². The van der Waals surface area contributed by atoms with Gasteiger partial charge in [-0.15, -0.1) is 0 Å². The molecular formula is C11H23N. The Morgan fingerprint density at radius 1 is 1.50 bits per heavy atom. The molecule has 0 fully saturated rings. The fourth-order valence-electron chi connectivity index (χ4n) is 1.22. The van der Waals surface area contributed by atoms with Crippen LogP contribution in [-0.2, 0) is 0 Å². The lowest BCUT2D eigenvalue weighted by atomic mass is 9.82. The van der Waals surface area contributed by atoms with Crippen molar-refractivity contribution in [3.63, 3.8) is 0 Å². The summed E-state index contributed by atoms with van der Waals surface area (Å²) in [4.78, 5) is 0. The van der Waals surface area contributed by atoms with Gasteiger partial charge in [0.25, 0.3) is 0 Å². The average Bonchev–Trinajstić information content (AvgIpc) is 2.00. The highest BCUT2D eigenvalue weighted by Crippen LogP contribution is 2.27. The highest BCUT2D eigenvalue weighted by Gasteiger charge is 2.20. The molecule has 0 aliphatic carbocycles. The van der Waals surface area contributed by atoms with Gasteiger partial charge in [-0.25, -0.2) is 0 Å². The van der Waals surface area contributed by atoms with Gasteiger partial charge in [0.2, 0.25) is 0 Å². The standard InChI is InChI=1S/C11H23N/c1-7-11(4,5)8-10(12-6)9(2)3/h10,12H,2,7-8H2,1,3-6H3. The van der Waals surface area contributed by atoms with Crippen LogP contribution in [0.3, 0.4) is 0 Å². The van der Waals surface area contributed by atoms with Gasteiger partial charge in [0.05, 0.1) is 0 Å². The highest BCUT2D eigenvalue weighted by atomic mass is 14.9. The van der Waals surface area contributed by atoms with Gasteiger partial charge in [-0.05, 0) is 25.8 Å². The molecular weight excluding hydrogens is 146 g/mol. The van der Waals surface area contributed by atoms with Gasteiger partial charge in [-0.1, -0.05) is 39.3 Å². The molecule has 0 radical (unpaired) electrons. The van der Waals surface area contributed by atoms with E-state index in [0.29, 0.717) is 11.5 Å². The van der Waals surface area contributed by atoms with Crippen molar-refractivity contribution in [3.8, 4) is 0 Å². The molecule has 1 nitrogen and oxygen atoms in total. The molecule has 1 atom stereocenters. The van der Waals surface area contributed by atoms with Crippen LogP contribution in [0.2, 0.25) is 0 Å². The zero-order chi connectivity index (χ0) is 9.78. The fraction of sp³-hybridized carbons (Fsp3) is 0.818. The Kier molecular flexibility index (Phi) is 4.54. The molecule has 1 heteroatoms. The molecule has 0 aromatic carbocycles. The van der Waals surface area contributed by atoms with E-state index in [1.165, 1.54) is 18.4 Å². The molecule has 1 N–H and O–H groups in total. The maximum Gasteiger partial charge on any atom is 0.0276 e. The third kappa shape index (κ3) is 3.91. The fourth-order valence-corrected chi connectivity index (χ4v) is 1.22. The molecule has 0 aliphatic heterocycles. The van der Waals surface area contributed by atoms with E-state index in [1.54, 1.807) is 0 Å². The molecule has 0 bridgehead atoms. The lowest BCUT2D eigenvalue weighted by Crippen LogP contribution is -2.31. The van der Waals surface area contributed by atoms with Crippen molar-refractivity contribution in [2.24, 2.45) is 5.41 Å². The summed E-state index contributed by atoms with van der Waals surface area (Å²) in [6, 6.07) is 0.472. The summed E-state index contributed by atoms with van der Waals surface area (Å²) in [5, 5.41) is 3.29. The number of rotatable bonds is 5. The van der Waals surface area contributed by atoms with Crippen LogP contribution in [0.4, 0.5) is 0 Å². The molecule has 0 spiro atoms. The predicted molar refractivity (Wildman–Crippen MR) is 56.4 cm³/mol. The first-order valence-corrected chi connectivity index (χ1v) is 4.75. The van der Waals surface area contributed by atoms with E-state index in [4.69, 9.17) is 0 Å². The van der Waals surface area contributed by atoms with Crippen molar-refractivity contribution in [3.05, 3.63) is 12.2 Å². The molecule has 72 valence electrons. The molecule has 0 saturated heterocycles. The minimum absolute atomic E-state index is 0.423. The first kappa shape index (κ1) is 11.7. The molecule has 0 amide bonds. The molecule has 12 heavy (non-hydrogen) atoms. The van der Waals surface area contributed by atoms with Gasteiger partial charge in [-0.3, -0.25) is 0 Å². The maximum absolute atomic E-state index is 3.98. The Bertz CT molecular complexity index is 147. The summed E-state index contributed by atoms with van der Waals surface area (Å²) in [5.41, 5.74) is 1.66. The summed E-state index contributed by atoms with van der Waals surface area (Å²) in [6.45, 7) is 12.9. The molecule has 0 aliphatic rings. The number of hydrogen-bond acceptors (Lipinski definition) is 1. The zero-order valence-corrected chi connectivity index (χ0v) is 9.20. The third-order valence-corrected chi connectivity index (χ3v) is 2.66. The highest BCUT2D eigenvalue weighted by molar-refractivity contribution is 5.02. The van der Waals surface area contributed by atoms with Crippen LogP contribution in [0.25, 0.3) is 0 Å². The smallest absolute Gasteiger partial charge is 0.0276 e. The Labute approximate surface area is 77.2 Å². The first-order valence-electron chi connectivity index (χ1n) is 4.75. The van der Waals surface area contributed by atoms with Crippen LogP contribution in [0.15, 0.2) is 12.2 Å². The maximum atomic E-state index is 3.98. The van der Waals surface area contributed by atoms with E-state index in [0.717, 1.165) is 0 Å². The van der Waals surface area contributed by atoms with E-state index < -0.39 is 0 Å². The van der Waals surface area contributed by atoms with E-state index >= 15 is 0 Å². The minimum Gasteiger partial charge on any atom is -0.313 e. The first-order chi connectivity index (χ1) is 5.43. The van der Waals surface area contributed by atoms with Crippen LogP contribution in [0, 0.1) is 5.41 Å². The van der Waals surface area contributed by atoms with Crippen molar-refractivity contribution in [1.29, 1.82) is 0 Å². The third-order valence-electron chi connectivity index (χ3n) is 2.66. The molecule has 0 aromatic rings. The molecule has 0 rings (SSSR count). The van der Waals surface area contributed by atoms with Crippen LogP contribution in [0.1, 0.15) is 40.5 Å². The summed E-state index contributed by atoms with van der Waals surface area (Å²) in [6.07, 6.45) is 2.40. The number of likely N-dealkylation sites (N-methyl/N-ethyl adjacent to an activating group) is 1. The number of nitrogens with one attached hydrogen (secondary N) is 1. The summed E-state index contributed by atoms with van der Waals surface area (Å²) >= 11 is 0. The summed E-state index contributed by atoms with van der Waals surface area (Å²) in [5.74, 6) is 0. The largest absolute Gasteiger partial charge is 0.313 e. The Morgan fingerprint density at radius 2 is 2.00 bits per heavy atom. The summed E-state index contributed by atoms with van der Waals surface area (Å²) < 4.78 is 0. The van der Waals surface area contributed by atoms with Crippen molar-refractivity contribution >= 4 is 0 Å². The number of hydrogen-bond donors (Lipinski definition) is 1. The van der Waals surface area contributed by atoms with E-state index in [1.807, 2.05) is 7.05 Å². The molecule has 0 saturated carbocycles. The topological polar surface area (TPSA) is 12.0 Å². The second kappa shape index (κ2) is 4.66. The minimum atomic E-state index is 0.423. The van der Waals surface area contributed by atoms with Crippen LogP contribution in [-0.4, -0.2) is 13.1 Å². The van der Waals surface area contributed by atoms with E-state index in [2.05, 4.69) is 39.6 Å². The Hall–Kier alpha value is -0.300. The van der Waals surface area contributed by atoms with Crippen LogP contribution < -0.4 is 5.32 Å². The van der Waals surface area contributed by atoms with Gasteiger partial charge < -0.3 is 5.32 Å². The SMILES string of the molecule is C=C(C)C(CC(C)(C)CC)NC. The lowest BCUT2D eigenvalue weighted by molar-refractivity contribution is 0.291. The average molecular weight is 169 g/mol. The van der Waals surface area contributed by atoms with Crippen molar-refractivity contribution in [2.75, 3.05) is 7.05 Å². The van der Waals surface area contributed by atoms with Gasteiger partial charge in [0.15, 0.2) is 0 Å². The normalized spacial score (nSPS) is 14.4. The lowest BCUT2D eigenvalue weighted by Gasteiger charge is -2.28. The Morgan fingerprint density at radius 3 is 2.25 bits per heavy atom. The zero-order valence-electron chi connectivity index (χ0n) is 9.20. The second-order valence-electron chi connectivity index (χ2n) is 4.41. The quantitative estimate of drug-likeness (QED) is 0.624. The van der Waals surface area contributed by atoms with Crippen molar-refractivity contribution in [2.45, 2.75) is 46.6 Å². The monoisotopic (exact) mass is 169 g/mol. The molecule has 1 unspecified atom stereocenters. The van der Waals surface area contributed by atoms with Gasteiger partial charge in [0.1, 0.15) is 0 Å². The van der Waals surface area contributed by atoms with Crippen molar-refractivity contribution < 1.29 is 0 Å². The van der Waals surface area contributed by atoms with Crippen LogP contribution in [0.5, 0.6) is 0 Å². The van der Waals surface area contributed by atoms with Crippen LogP contribution >= 0.6 is 0 Å². The van der Waals surface area contributed by atoms with Crippen molar-refractivity contribution in [1.82, 2.24) is 5.32 Å². The molecule has 0 aromatic heterocycles. The Balaban J connectivity index is 4.11. The van der Waals surface area contributed by atoms with Gasteiger partial charge in [0, 0.05) is 6.04 Å². The van der Waals surface area contributed by atoms with Gasteiger partial charge >= 0.3 is 0 Å². The summed E-state index contributed by atoms with van der Waals surface area (Å²) in [7, 11) is 2.01. The second-order valence-corrected chi connectivity index (χ2v) is 4.41. The van der Waals surface area contributed by atoms with E-state index in [-0.39, 0.29) is 0 Å². The predicted octanol–water partition coefficient (Wildman–Crippen LogP) is 2.98.